The lowest BCUT2D eigenvalue weighted by atomic mass is 9.95. The summed E-state index contributed by atoms with van der Waals surface area (Å²) in [5.41, 5.74) is 3.49. The lowest BCUT2D eigenvalue weighted by Gasteiger charge is -2.09. The molecule has 0 fully saturated rings. The number of hydrogen-bond donors (Lipinski definition) is 2. The molecule has 2 aromatic heterocycles. The van der Waals surface area contributed by atoms with Crippen molar-refractivity contribution in [2.45, 2.75) is 19.3 Å². The maximum atomic E-state index is 12.1. The summed E-state index contributed by atoms with van der Waals surface area (Å²) in [5.74, 6) is 0.0726. The second kappa shape index (κ2) is 5.10. The average Bonchev–Trinajstić information content (AvgIpc) is 3.15. The van der Waals surface area contributed by atoms with Crippen molar-refractivity contribution in [1.82, 2.24) is 4.98 Å². The number of aromatic nitrogens is 1. The van der Waals surface area contributed by atoms with Gasteiger partial charge in [-0.1, -0.05) is 12.1 Å². The second-order valence-electron chi connectivity index (χ2n) is 5.45. The maximum absolute atomic E-state index is 12.1. The van der Waals surface area contributed by atoms with Gasteiger partial charge in [0.2, 0.25) is 0 Å². The predicted octanol–water partition coefficient (Wildman–Crippen LogP) is 4.00. The van der Waals surface area contributed by atoms with Crippen LogP contribution in [0.3, 0.4) is 0 Å². The van der Waals surface area contributed by atoms with E-state index in [1.165, 1.54) is 11.3 Å². The number of aryl methyl sites for hydroxylation is 1. The molecule has 1 aromatic carbocycles. The number of thiophene rings is 1. The fraction of sp³-hybridized carbons (Fsp3) is 0.176. The molecule has 2 N–H and O–H groups in total. The zero-order valence-electron chi connectivity index (χ0n) is 11.8. The van der Waals surface area contributed by atoms with Crippen molar-refractivity contribution in [2.75, 3.05) is 5.32 Å². The highest BCUT2D eigenvalue weighted by Crippen LogP contribution is 2.30. The normalized spacial score (nSPS) is 14.1. The Hall–Kier alpha value is -2.40. The summed E-state index contributed by atoms with van der Waals surface area (Å²) in [6, 6.07) is 9.42. The van der Waals surface area contributed by atoms with Gasteiger partial charge in [0, 0.05) is 23.0 Å². The van der Waals surface area contributed by atoms with E-state index in [0.29, 0.717) is 11.3 Å². The first-order chi connectivity index (χ1) is 10.7. The zero-order valence-corrected chi connectivity index (χ0v) is 12.6. The zero-order chi connectivity index (χ0) is 15.1. The van der Waals surface area contributed by atoms with Crippen LogP contribution in [0.1, 0.15) is 38.6 Å². The lowest BCUT2D eigenvalue weighted by Crippen LogP contribution is -2.09. The molecule has 110 valence electrons. The molecule has 4 rings (SSSR count). The van der Waals surface area contributed by atoms with Crippen LogP contribution in [0, 0.1) is 0 Å². The van der Waals surface area contributed by atoms with Crippen LogP contribution in [-0.2, 0) is 6.42 Å². The first-order valence-corrected chi connectivity index (χ1v) is 8.13. The van der Waals surface area contributed by atoms with Gasteiger partial charge in [0.15, 0.2) is 5.78 Å². The second-order valence-corrected chi connectivity index (χ2v) is 6.39. The Morgan fingerprint density at radius 1 is 1.23 bits per heavy atom. The van der Waals surface area contributed by atoms with Gasteiger partial charge in [-0.2, -0.15) is 0 Å². The highest BCUT2D eigenvalue weighted by molar-refractivity contribution is 7.12. The third kappa shape index (κ3) is 2.14. The van der Waals surface area contributed by atoms with Crippen LogP contribution < -0.4 is 5.32 Å². The van der Waals surface area contributed by atoms with E-state index >= 15 is 0 Å². The van der Waals surface area contributed by atoms with E-state index < -0.39 is 0 Å². The number of ketones is 1. The minimum atomic E-state index is -0.109. The number of amides is 1. The van der Waals surface area contributed by atoms with E-state index in [-0.39, 0.29) is 11.7 Å². The molecule has 5 heteroatoms. The molecule has 22 heavy (non-hydrogen) atoms. The van der Waals surface area contributed by atoms with Gasteiger partial charge in [0.25, 0.3) is 5.91 Å². The van der Waals surface area contributed by atoms with Crippen LogP contribution in [0.25, 0.3) is 10.9 Å². The first-order valence-electron chi connectivity index (χ1n) is 7.25. The number of hydrogen-bond acceptors (Lipinski definition) is 3. The molecular weight excluding hydrogens is 296 g/mol. The number of fused-ring (bicyclic) bond motifs is 3. The highest BCUT2D eigenvalue weighted by Gasteiger charge is 2.21. The molecule has 0 spiro atoms. The average molecular weight is 310 g/mol. The number of nitrogens with one attached hydrogen (secondary N) is 2. The largest absolute Gasteiger partial charge is 0.352 e. The van der Waals surface area contributed by atoms with E-state index in [1.54, 1.807) is 6.07 Å². The number of carbonyl (C=O) groups is 2. The van der Waals surface area contributed by atoms with Crippen LogP contribution >= 0.6 is 11.3 Å². The molecule has 1 amide bonds. The molecule has 2 heterocycles. The van der Waals surface area contributed by atoms with Gasteiger partial charge in [-0.15, -0.1) is 11.3 Å². The van der Waals surface area contributed by atoms with Crippen molar-refractivity contribution in [3.8, 4) is 0 Å². The Labute approximate surface area is 131 Å². The first kappa shape index (κ1) is 13.3. The smallest absolute Gasteiger partial charge is 0.265 e. The number of aromatic amines is 1. The van der Waals surface area contributed by atoms with Crippen molar-refractivity contribution < 1.29 is 9.59 Å². The molecule has 0 bridgehead atoms. The molecule has 0 saturated heterocycles. The molecule has 1 aliphatic carbocycles. The van der Waals surface area contributed by atoms with Crippen LogP contribution in [0.4, 0.5) is 5.69 Å². The number of rotatable bonds is 2. The SMILES string of the molecule is O=C(Nc1ccc2c3c([nH]c2c1)C(=O)CCC3)c1cccs1. The van der Waals surface area contributed by atoms with E-state index in [4.69, 9.17) is 0 Å². The molecule has 0 aliphatic heterocycles. The van der Waals surface area contributed by atoms with Crippen LogP contribution in [0.2, 0.25) is 0 Å². The topological polar surface area (TPSA) is 62.0 Å². The van der Waals surface area contributed by atoms with E-state index in [1.807, 2.05) is 29.6 Å². The molecule has 0 unspecified atom stereocenters. The molecule has 0 atom stereocenters. The Morgan fingerprint density at radius 3 is 2.95 bits per heavy atom. The minimum absolute atomic E-state index is 0.109. The van der Waals surface area contributed by atoms with Crippen molar-refractivity contribution in [3.05, 3.63) is 51.8 Å². The molecule has 4 nitrogen and oxygen atoms in total. The fourth-order valence-corrected chi connectivity index (χ4v) is 3.60. The van der Waals surface area contributed by atoms with Crippen molar-refractivity contribution in [2.24, 2.45) is 0 Å². The molecule has 3 aromatic rings. The minimum Gasteiger partial charge on any atom is -0.352 e. The third-order valence-electron chi connectivity index (χ3n) is 4.02. The summed E-state index contributed by atoms with van der Waals surface area (Å²) in [6.45, 7) is 0. The van der Waals surface area contributed by atoms with E-state index in [0.717, 1.165) is 40.7 Å². The van der Waals surface area contributed by atoms with Crippen molar-refractivity contribution in [1.29, 1.82) is 0 Å². The molecule has 0 saturated carbocycles. The Kier molecular flexibility index (Phi) is 3.08. The monoisotopic (exact) mass is 310 g/mol. The highest BCUT2D eigenvalue weighted by atomic mass is 32.1. The Balaban J connectivity index is 1.69. The van der Waals surface area contributed by atoms with E-state index in [2.05, 4.69) is 10.3 Å². The van der Waals surface area contributed by atoms with Crippen LogP contribution in [0.15, 0.2) is 35.7 Å². The summed E-state index contributed by atoms with van der Waals surface area (Å²) >= 11 is 1.41. The molecule has 0 radical (unpaired) electrons. The van der Waals surface area contributed by atoms with Gasteiger partial charge in [-0.05, 0) is 42.0 Å². The van der Waals surface area contributed by atoms with Gasteiger partial charge in [0.05, 0.1) is 10.6 Å². The fourth-order valence-electron chi connectivity index (χ4n) is 2.98. The summed E-state index contributed by atoms with van der Waals surface area (Å²) in [7, 11) is 0. The van der Waals surface area contributed by atoms with Gasteiger partial charge in [-0.3, -0.25) is 9.59 Å². The number of benzene rings is 1. The van der Waals surface area contributed by atoms with E-state index in [9.17, 15) is 9.59 Å². The quantitative estimate of drug-likeness (QED) is 0.751. The summed E-state index contributed by atoms with van der Waals surface area (Å²) in [5, 5.41) is 5.85. The summed E-state index contributed by atoms with van der Waals surface area (Å²) in [6.07, 6.45) is 2.46. The number of carbonyl (C=O) groups excluding carboxylic acids is 2. The number of H-pyrrole nitrogens is 1. The summed E-state index contributed by atoms with van der Waals surface area (Å²) in [4.78, 5) is 28.0. The van der Waals surface area contributed by atoms with Gasteiger partial charge in [0.1, 0.15) is 0 Å². The molecule has 1 aliphatic rings. The van der Waals surface area contributed by atoms with Crippen molar-refractivity contribution in [3.63, 3.8) is 0 Å². The summed E-state index contributed by atoms with van der Waals surface area (Å²) < 4.78 is 0. The van der Waals surface area contributed by atoms with Gasteiger partial charge >= 0.3 is 0 Å². The van der Waals surface area contributed by atoms with Crippen molar-refractivity contribution >= 4 is 39.6 Å². The van der Waals surface area contributed by atoms with Crippen LogP contribution in [0.5, 0.6) is 0 Å². The predicted molar refractivity (Wildman–Crippen MR) is 87.8 cm³/mol. The number of anilines is 1. The molecular formula is C17H14N2O2S. The number of Topliss-reactive ketones (excluding diaryl/α,β-unsaturated/α-hetero) is 1. The van der Waals surface area contributed by atoms with Gasteiger partial charge < -0.3 is 10.3 Å². The standard InChI is InChI=1S/C17H14N2O2S/c20-14-4-1-3-12-11-7-6-10(9-13(11)19-16(12)14)18-17(21)15-5-2-8-22-15/h2,5-9,19H,1,3-4H2,(H,18,21). The maximum Gasteiger partial charge on any atom is 0.265 e. The van der Waals surface area contributed by atoms with Gasteiger partial charge in [-0.25, -0.2) is 0 Å². The Morgan fingerprint density at radius 2 is 2.14 bits per heavy atom. The lowest BCUT2D eigenvalue weighted by molar-refractivity contribution is 0.0967. The Bertz CT molecular complexity index is 878. The van der Waals surface area contributed by atoms with Crippen LogP contribution in [-0.4, -0.2) is 16.7 Å². The third-order valence-corrected chi connectivity index (χ3v) is 4.89.